The molecular weight excluding hydrogens is 226 g/mol. The molecule has 1 fully saturated rings. The van der Waals surface area contributed by atoms with Crippen LogP contribution in [0.2, 0.25) is 0 Å². The summed E-state index contributed by atoms with van der Waals surface area (Å²) in [7, 11) is 0. The third kappa shape index (κ3) is 3.76. The topological polar surface area (TPSA) is 29.5 Å². The lowest BCUT2D eigenvalue weighted by atomic mass is 10.1. The summed E-state index contributed by atoms with van der Waals surface area (Å²) in [6.45, 7) is 14.4. The Bertz CT molecular complexity index is 334. The molecule has 1 amide bonds. The Hall–Kier alpha value is -0.990. The summed E-state index contributed by atoms with van der Waals surface area (Å²) in [5.41, 5.74) is 0.378. The van der Waals surface area contributed by atoms with Crippen LogP contribution >= 0.6 is 0 Å². The first-order chi connectivity index (χ1) is 8.15. The predicted octanol–water partition coefficient (Wildman–Crippen LogP) is 4.19. The van der Waals surface area contributed by atoms with Crippen molar-refractivity contribution < 1.29 is 9.53 Å². The first-order valence-electron chi connectivity index (χ1n) is 6.83. The van der Waals surface area contributed by atoms with Crippen molar-refractivity contribution >= 4 is 6.09 Å². The SMILES string of the molecule is C/C(=C/[C@@H]1CC1(C)C)OC(=O)N(C(C)C)C(C)C. The minimum atomic E-state index is -0.243. The van der Waals surface area contributed by atoms with E-state index in [1.807, 2.05) is 34.6 Å². The molecule has 3 heteroatoms. The maximum Gasteiger partial charge on any atom is 0.415 e. The average molecular weight is 253 g/mol. The van der Waals surface area contributed by atoms with Crippen LogP contribution in [0.5, 0.6) is 0 Å². The summed E-state index contributed by atoms with van der Waals surface area (Å²) in [5, 5.41) is 0. The van der Waals surface area contributed by atoms with Crippen LogP contribution < -0.4 is 0 Å². The van der Waals surface area contributed by atoms with E-state index >= 15 is 0 Å². The van der Waals surface area contributed by atoms with E-state index in [2.05, 4.69) is 19.9 Å². The fourth-order valence-corrected chi connectivity index (χ4v) is 2.32. The Morgan fingerprint density at radius 3 is 2.06 bits per heavy atom. The second-order valence-corrected chi connectivity index (χ2v) is 6.54. The van der Waals surface area contributed by atoms with Crippen LogP contribution in [0.25, 0.3) is 0 Å². The largest absolute Gasteiger partial charge is 0.415 e. The Morgan fingerprint density at radius 1 is 1.28 bits per heavy atom. The quantitative estimate of drug-likeness (QED) is 0.703. The van der Waals surface area contributed by atoms with Gasteiger partial charge in [0, 0.05) is 12.1 Å². The van der Waals surface area contributed by atoms with Crippen LogP contribution in [0.15, 0.2) is 11.8 Å². The normalized spacial score (nSPS) is 22.3. The van der Waals surface area contributed by atoms with Gasteiger partial charge in [-0.1, -0.05) is 13.8 Å². The molecular formula is C15H27NO2. The Labute approximate surface area is 111 Å². The van der Waals surface area contributed by atoms with Gasteiger partial charge in [-0.05, 0) is 58.4 Å². The van der Waals surface area contributed by atoms with Crippen LogP contribution in [-0.2, 0) is 4.74 Å². The van der Waals surface area contributed by atoms with Crippen LogP contribution in [0.3, 0.4) is 0 Å². The fraction of sp³-hybridized carbons (Fsp3) is 0.800. The minimum absolute atomic E-state index is 0.155. The summed E-state index contributed by atoms with van der Waals surface area (Å²) in [5.74, 6) is 1.28. The molecule has 3 nitrogen and oxygen atoms in total. The van der Waals surface area contributed by atoms with E-state index in [-0.39, 0.29) is 18.2 Å². The molecule has 104 valence electrons. The highest BCUT2D eigenvalue weighted by molar-refractivity contribution is 5.69. The third-order valence-electron chi connectivity index (χ3n) is 3.60. The second-order valence-electron chi connectivity index (χ2n) is 6.54. The van der Waals surface area contributed by atoms with Crippen molar-refractivity contribution in [2.24, 2.45) is 11.3 Å². The molecule has 1 aliphatic rings. The molecule has 0 spiro atoms. The van der Waals surface area contributed by atoms with E-state index in [1.54, 1.807) is 4.90 Å². The highest BCUT2D eigenvalue weighted by Gasteiger charge is 2.44. The highest BCUT2D eigenvalue weighted by atomic mass is 16.6. The van der Waals surface area contributed by atoms with E-state index in [9.17, 15) is 4.79 Å². The molecule has 18 heavy (non-hydrogen) atoms. The number of carbonyl (C=O) groups excluding carboxylic acids is 1. The van der Waals surface area contributed by atoms with Crippen molar-refractivity contribution in [1.29, 1.82) is 0 Å². The minimum Gasteiger partial charge on any atom is -0.415 e. The summed E-state index contributed by atoms with van der Waals surface area (Å²) in [6, 6.07) is 0.310. The van der Waals surface area contributed by atoms with Gasteiger partial charge in [-0.15, -0.1) is 0 Å². The van der Waals surface area contributed by atoms with Gasteiger partial charge in [0.1, 0.15) is 5.76 Å². The zero-order valence-electron chi connectivity index (χ0n) is 12.8. The Morgan fingerprint density at radius 2 is 1.72 bits per heavy atom. The van der Waals surface area contributed by atoms with Crippen molar-refractivity contribution in [2.45, 2.75) is 67.0 Å². The standard InChI is InChI=1S/C15H27NO2/c1-10(2)16(11(3)4)14(17)18-12(5)8-13-9-15(13,6)7/h8,10-11,13H,9H2,1-7H3/b12-8-/t13-/m1/s1. The molecule has 0 heterocycles. The molecule has 0 aromatic carbocycles. The van der Waals surface area contributed by atoms with E-state index < -0.39 is 0 Å². The Balaban J connectivity index is 2.58. The van der Waals surface area contributed by atoms with Crippen LogP contribution in [-0.4, -0.2) is 23.1 Å². The highest BCUT2D eigenvalue weighted by Crippen LogP contribution is 2.52. The van der Waals surface area contributed by atoms with Gasteiger partial charge in [0.05, 0.1) is 0 Å². The van der Waals surface area contributed by atoms with Crippen molar-refractivity contribution in [2.75, 3.05) is 0 Å². The van der Waals surface area contributed by atoms with Gasteiger partial charge in [-0.25, -0.2) is 4.79 Å². The molecule has 1 saturated carbocycles. The molecule has 1 aliphatic carbocycles. The van der Waals surface area contributed by atoms with Gasteiger partial charge in [0.15, 0.2) is 0 Å². The number of hydrogen-bond donors (Lipinski definition) is 0. The van der Waals surface area contributed by atoms with Gasteiger partial charge in [0.2, 0.25) is 0 Å². The molecule has 1 atom stereocenters. The van der Waals surface area contributed by atoms with E-state index in [1.165, 1.54) is 6.42 Å². The van der Waals surface area contributed by atoms with Crippen LogP contribution in [0.1, 0.15) is 54.9 Å². The van der Waals surface area contributed by atoms with E-state index in [0.29, 0.717) is 11.3 Å². The molecule has 1 rings (SSSR count). The third-order valence-corrected chi connectivity index (χ3v) is 3.60. The lowest BCUT2D eigenvalue weighted by Crippen LogP contribution is -2.42. The first-order valence-corrected chi connectivity index (χ1v) is 6.83. The smallest absolute Gasteiger partial charge is 0.415 e. The summed E-state index contributed by atoms with van der Waals surface area (Å²) in [4.78, 5) is 13.8. The molecule has 0 unspecified atom stereocenters. The van der Waals surface area contributed by atoms with Crippen LogP contribution in [0, 0.1) is 11.3 Å². The predicted molar refractivity (Wildman–Crippen MR) is 74.2 cm³/mol. The molecule has 0 bridgehead atoms. The average Bonchev–Trinajstić information content (AvgIpc) is 2.70. The monoisotopic (exact) mass is 253 g/mol. The number of nitrogens with zero attached hydrogens (tertiary/aromatic N) is 1. The molecule has 0 N–H and O–H groups in total. The van der Waals surface area contributed by atoms with E-state index in [4.69, 9.17) is 4.74 Å². The van der Waals surface area contributed by atoms with Crippen molar-refractivity contribution in [3.05, 3.63) is 11.8 Å². The fourth-order valence-electron chi connectivity index (χ4n) is 2.32. The molecule has 0 saturated heterocycles. The molecule has 0 aromatic rings. The lowest BCUT2D eigenvalue weighted by molar-refractivity contribution is 0.101. The Kier molecular flexibility index (Phi) is 4.46. The molecule has 0 radical (unpaired) electrons. The molecule has 0 aliphatic heterocycles. The van der Waals surface area contributed by atoms with Crippen molar-refractivity contribution in [3.63, 3.8) is 0 Å². The van der Waals surface area contributed by atoms with Crippen molar-refractivity contribution in [3.8, 4) is 0 Å². The summed E-state index contributed by atoms with van der Waals surface area (Å²) in [6.07, 6.45) is 3.02. The maximum atomic E-state index is 12.1. The number of carbonyl (C=O) groups is 1. The van der Waals surface area contributed by atoms with Crippen molar-refractivity contribution in [1.82, 2.24) is 4.90 Å². The van der Waals surface area contributed by atoms with E-state index in [0.717, 1.165) is 5.76 Å². The number of ether oxygens (including phenoxy) is 1. The number of allylic oxidation sites excluding steroid dienone is 2. The summed E-state index contributed by atoms with van der Waals surface area (Å²) >= 11 is 0. The van der Waals surface area contributed by atoms with Gasteiger partial charge >= 0.3 is 6.09 Å². The van der Waals surface area contributed by atoms with Gasteiger partial charge in [-0.3, -0.25) is 0 Å². The first kappa shape index (κ1) is 15.1. The zero-order chi connectivity index (χ0) is 14.1. The summed E-state index contributed by atoms with van der Waals surface area (Å²) < 4.78 is 5.43. The molecule has 0 aromatic heterocycles. The number of rotatable bonds is 4. The van der Waals surface area contributed by atoms with Gasteiger partial charge in [0.25, 0.3) is 0 Å². The lowest BCUT2D eigenvalue weighted by Gasteiger charge is -2.29. The number of amides is 1. The van der Waals surface area contributed by atoms with Gasteiger partial charge < -0.3 is 9.64 Å². The maximum absolute atomic E-state index is 12.1. The second kappa shape index (κ2) is 5.33. The van der Waals surface area contributed by atoms with Crippen LogP contribution in [0.4, 0.5) is 4.79 Å². The zero-order valence-corrected chi connectivity index (χ0v) is 12.8. The van der Waals surface area contributed by atoms with Gasteiger partial charge in [-0.2, -0.15) is 0 Å². The number of hydrogen-bond acceptors (Lipinski definition) is 2.